The second-order valence-corrected chi connectivity index (χ2v) is 27.8. The normalized spacial score (nSPS) is 22.7. The number of rotatable bonds is 66. The molecule has 0 aromatic carbocycles. The largest absolute Gasteiger partial charge is 0.394 e. The maximum Gasteiger partial charge on any atom is 0.220 e. The molecule has 0 aromatic rings. The highest BCUT2D eigenvalue weighted by atomic mass is 16.7. The zero-order chi connectivity index (χ0) is 68.7. The van der Waals surface area contributed by atoms with Crippen molar-refractivity contribution in [1.29, 1.82) is 0 Å². The van der Waals surface area contributed by atoms with E-state index in [9.17, 15) is 45.6 Å². The molecule has 2 heterocycles. The molecule has 2 aliphatic heterocycles. The van der Waals surface area contributed by atoms with Crippen molar-refractivity contribution in [3.05, 3.63) is 72.9 Å². The van der Waals surface area contributed by atoms with E-state index in [0.717, 1.165) is 70.6 Å². The zero-order valence-corrected chi connectivity index (χ0v) is 60.7. The Morgan fingerprint density at radius 2 is 0.726 bits per heavy atom. The average Bonchev–Trinajstić information content (AvgIpc) is 0.897. The minimum atomic E-state index is -1.79. The van der Waals surface area contributed by atoms with Gasteiger partial charge in [0, 0.05) is 6.42 Å². The van der Waals surface area contributed by atoms with Crippen LogP contribution in [0.1, 0.15) is 341 Å². The number of unbranched alkanes of at least 4 members (excludes halogenated alkanes) is 43. The SMILES string of the molecule is CC/C=C\C/C=C\C/C=C\C/C=C\C/C=C\CCCCCCCCCCCCCCCCCCCCCCCCCCCC(=O)NC(COC1OC(CO)C(OC2OC(CO)C(O)C(O)C2O)C(O)C1O)C(O)/C=C/CCCCCCCCCCCCCCCCCCCC. The highest BCUT2D eigenvalue weighted by Gasteiger charge is 2.51. The third-order valence-electron chi connectivity index (χ3n) is 19.1. The Labute approximate surface area is 580 Å². The topological polar surface area (TPSA) is 228 Å². The second kappa shape index (κ2) is 64.8. The highest BCUT2D eigenvalue weighted by Crippen LogP contribution is 2.30. The molecule has 95 heavy (non-hydrogen) atoms. The van der Waals surface area contributed by atoms with Crippen molar-refractivity contribution in [1.82, 2.24) is 5.32 Å². The van der Waals surface area contributed by atoms with Gasteiger partial charge in [-0.05, 0) is 64.2 Å². The number of amides is 1. The van der Waals surface area contributed by atoms with Crippen molar-refractivity contribution in [2.24, 2.45) is 0 Å². The smallest absolute Gasteiger partial charge is 0.220 e. The lowest BCUT2D eigenvalue weighted by Crippen LogP contribution is -2.65. The minimum Gasteiger partial charge on any atom is -0.394 e. The summed E-state index contributed by atoms with van der Waals surface area (Å²) in [6.07, 6.45) is 72.7. The van der Waals surface area contributed by atoms with Crippen LogP contribution in [0.2, 0.25) is 0 Å². The molecule has 0 spiro atoms. The number of allylic oxidation sites excluding steroid dienone is 11. The van der Waals surface area contributed by atoms with E-state index in [1.807, 2.05) is 6.08 Å². The zero-order valence-electron chi connectivity index (χ0n) is 60.7. The van der Waals surface area contributed by atoms with Crippen LogP contribution in [0.25, 0.3) is 0 Å². The van der Waals surface area contributed by atoms with Crippen LogP contribution in [0.5, 0.6) is 0 Å². The average molecular weight is 1340 g/mol. The van der Waals surface area contributed by atoms with E-state index in [0.29, 0.717) is 6.42 Å². The van der Waals surface area contributed by atoms with Gasteiger partial charge in [0.05, 0.1) is 32.0 Å². The molecule has 2 aliphatic rings. The first-order valence-corrected chi connectivity index (χ1v) is 39.7. The van der Waals surface area contributed by atoms with Crippen molar-refractivity contribution < 1.29 is 64.6 Å². The number of hydrogen-bond donors (Lipinski definition) is 9. The van der Waals surface area contributed by atoms with Gasteiger partial charge >= 0.3 is 0 Å². The predicted molar refractivity (Wildman–Crippen MR) is 392 cm³/mol. The third-order valence-corrected chi connectivity index (χ3v) is 19.1. The molecular formula is C81H147NO13. The summed E-state index contributed by atoms with van der Waals surface area (Å²) < 4.78 is 22.9. The Morgan fingerprint density at radius 1 is 0.389 bits per heavy atom. The summed E-state index contributed by atoms with van der Waals surface area (Å²) in [5, 5.41) is 87.6. The molecule has 2 fully saturated rings. The third kappa shape index (κ3) is 48.0. The minimum absolute atomic E-state index is 0.233. The molecule has 12 unspecified atom stereocenters. The molecule has 0 saturated carbocycles. The molecule has 9 N–H and O–H groups in total. The van der Waals surface area contributed by atoms with Gasteiger partial charge in [-0.2, -0.15) is 0 Å². The van der Waals surface area contributed by atoms with Gasteiger partial charge in [-0.25, -0.2) is 0 Å². The summed E-state index contributed by atoms with van der Waals surface area (Å²) in [6.45, 7) is 2.73. The molecular weight excluding hydrogens is 1190 g/mol. The number of ether oxygens (including phenoxy) is 4. The van der Waals surface area contributed by atoms with E-state index >= 15 is 0 Å². The Morgan fingerprint density at radius 3 is 1.12 bits per heavy atom. The van der Waals surface area contributed by atoms with Crippen molar-refractivity contribution in [3.63, 3.8) is 0 Å². The van der Waals surface area contributed by atoms with E-state index in [1.54, 1.807) is 6.08 Å². The Bertz CT molecular complexity index is 1870. The number of aliphatic hydroxyl groups excluding tert-OH is 8. The monoisotopic (exact) mass is 1340 g/mol. The van der Waals surface area contributed by atoms with Gasteiger partial charge in [-0.15, -0.1) is 0 Å². The second-order valence-electron chi connectivity index (χ2n) is 27.8. The fraction of sp³-hybridized carbons (Fsp3) is 0.840. The van der Waals surface area contributed by atoms with E-state index < -0.39 is 86.8 Å². The van der Waals surface area contributed by atoms with Gasteiger partial charge in [-0.1, -0.05) is 344 Å². The predicted octanol–water partition coefficient (Wildman–Crippen LogP) is 17.7. The lowest BCUT2D eigenvalue weighted by molar-refractivity contribution is -0.359. The van der Waals surface area contributed by atoms with Gasteiger partial charge in [-0.3, -0.25) is 4.79 Å². The molecule has 1 amide bonds. The molecule has 2 saturated heterocycles. The molecule has 0 bridgehead atoms. The van der Waals surface area contributed by atoms with Crippen LogP contribution in [0, 0.1) is 0 Å². The van der Waals surface area contributed by atoms with Gasteiger partial charge in [0.25, 0.3) is 0 Å². The summed E-state index contributed by atoms with van der Waals surface area (Å²) in [6, 6.07) is -0.916. The first kappa shape index (κ1) is 88.5. The van der Waals surface area contributed by atoms with Crippen molar-refractivity contribution in [2.45, 2.75) is 415 Å². The number of nitrogens with one attached hydrogen (secondary N) is 1. The van der Waals surface area contributed by atoms with Gasteiger partial charge in [0.1, 0.15) is 48.8 Å². The van der Waals surface area contributed by atoms with E-state index in [-0.39, 0.29) is 18.9 Å². The van der Waals surface area contributed by atoms with Crippen molar-refractivity contribution in [2.75, 3.05) is 19.8 Å². The molecule has 554 valence electrons. The molecule has 0 aliphatic carbocycles. The summed E-state index contributed by atoms with van der Waals surface area (Å²) in [5.41, 5.74) is 0. The standard InChI is InChI=1S/C81H147NO13/c1-3-5-7-9-11-13-15-17-19-21-23-25-26-27-28-29-30-31-32-33-34-35-36-37-38-39-40-41-42-43-44-45-47-49-51-53-55-57-59-61-63-65-73(86)82-69(70(85)64-62-60-58-56-54-52-50-48-46-24-22-20-18-16-14-12-10-8-6-4-2)68-92-80-78(91)76(89)79(72(67-84)94-80)95-81-77(90)75(88)74(87)71(66-83)93-81/h5,7,11,13,17,19,23,25,27-28,62,64,69-72,74-81,83-85,87-91H,3-4,6,8-10,12,14-16,18,20-22,24,26,29-61,63,65-68H2,1-2H3,(H,82,86)/b7-5-,13-11-,19-17-,25-23-,28-27-,64-62+. The van der Waals surface area contributed by atoms with E-state index in [4.69, 9.17) is 18.9 Å². The maximum atomic E-state index is 13.4. The van der Waals surface area contributed by atoms with Crippen LogP contribution in [0.3, 0.4) is 0 Å². The Balaban J connectivity index is 1.56. The molecule has 0 radical (unpaired) electrons. The molecule has 12 atom stereocenters. The molecule has 2 rings (SSSR count). The summed E-state index contributed by atoms with van der Waals surface area (Å²) in [4.78, 5) is 13.4. The first-order chi connectivity index (χ1) is 46.6. The van der Waals surface area contributed by atoms with Crippen LogP contribution in [0.4, 0.5) is 0 Å². The van der Waals surface area contributed by atoms with Crippen LogP contribution < -0.4 is 5.32 Å². The van der Waals surface area contributed by atoms with Crippen molar-refractivity contribution >= 4 is 5.91 Å². The highest BCUT2D eigenvalue weighted by molar-refractivity contribution is 5.76. The number of carbonyl (C=O) groups excluding carboxylic acids is 1. The Hall–Kier alpha value is -2.57. The number of carbonyl (C=O) groups is 1. The fourth-order valence-electron chi connectivity index (χ4n) is 12.9. The van der Waals surface area contributed by atoms with Crippen LogP contribution in [-0.2, 0) is 23.7 Å². The van der Waals surface area contributed by atoms with Crippen LogP contribution >= 0.6 is 0 Å². The molecule has 14 nitrogen and oxygen atoms in total. The summed E-state index contributed by atoms with van der Waals surface area (Å²) >= 11 is 0. The lowest BCUT2D eigenvalue weighted by Gasteiger charge is -2.46. The first-order valence-electron chi connectivity index (χ1n) is 39.7. The molecule has 0 aromatic heterocycles. The summed E-state index contributed by atoms with van der Waals surface area (Å²) in [5.74, 6) is -0.233. The van der Waals surface area contributed by atoms with Crippen molar-refractivity contribution in [3.8, 4) is 0 Å². The Kier molecular flexibility index (Phi) is 60.4. The fourth-order valence-corrected chi connectivity index (χ4v) is 12.9. The van der Waals surface area contributed by atoms with Gasteiger partial charge < -0.3 is 65.1 Å². The van der Waals surface area contributed by atoms with E-state index in [1.165, 1.54) is 244 Å². The summed E-state index contributed by atoms with van der Waals surface area (Å²) in [7, 11) is 0. The number of aliphatic hydroxyl groups is 8. The number of hydrogen-bond acceptors (Lipinski definition) is 13. The van der Waals surface area contributed by atoms with Crippen LogP contribution in [-0.4, -0.2) is 140 Å². The van der Waals surface area contributed by atoms with Gasteiger partial charge in [0.2, 0.25) is 5.91 Å². The van der Waals surface area contributed by atoms with E-state index in [2.05, 4.69) is 79.9 Å². The quantitative estimate of drug-likeness (QED) is 0.0204. The lowest BCUT2D eigenvalue weighted by atomic mass is 9.97. The molecule has 14 heteroatoms. The van der Waals surface area contributed by atoms with Gasteiger partial charge in [0.15, 0.2) is 12.6 Å². The maximum absolute atomic E-state index is 13.4. The van der Waals surface area contributed by atoms with Crippen LogP contribution in [0.15, 0.2) is 72.9 Å².